The van der Waals surface area contributed by atoms with Crippen molar-refractivity contribution in [3.8, 4) is 0 Å². The van der Waals surface area contributed by atoms with Crippen molar-refractivity contribution in [2.24, 2.45) is 22.7 Å². The lowest BCUT2D eigenvalue weighted by Gasteiger charge is -2.68. The Morgan fingerprint density at radius 2 is 1.66 bits per heavy atom. The van der Waals surface area contributed by atoms with E-state index in [0.717, 1.165) is 7.11 Å². The number of aliphatic hydroxyl groups excluding tert-OH is 2. The van der Waals surface area contributed by atoms with Gasteiger partial charge in [0.15, 0.2) is 23.8 Å². The van der Waals surface area contributed by atoms with Gasteiger partial charge in [-0.1, -0.05) is 58.0 Å². The fraction of sp³-hybridized carbons (Fsp3) is 0.705. The van der Waals surface area contributed by atoms with Gasteiger partial charge in [-0.2, -0.15) is 0 Å². The maximum atomic E-state index is 15.7. The first-order chi connectivity index (χ1) is 28.3. The molecule has 1 aliphatic heterocycles. The Bertz CT molecular complexity index is 1860. The van der Waals surface area contributed by atoms with Crippen molar-refractivity contribution in [2.75, 3.05) is 20.8 Å². The number of rotatable bonds is 12. The molecule has 3 fully saturated rings. The highest BCUT2D eigenvalue weighted by Gasteiger charge is 2.78. The van der Waals surface area contributed by atoms with Crippen LogP contribution in [0.2, 0.25) is 0 Å². The zero-order valence-electron chi connectivity index (χ0n) is 37.1. The van der Waals surface area contributed by atoms with E-state index in [1.165, 1.54) is 21.0 Å². The van der Waals surface area contributed by atoms with E-state index in [9.17, 15) is 34.5 Å². The van der Waals surface area contributed by atoms with Crippen LogP contribution >= 0.6 is 0 Å². The average molecular weight is 862 g/mol. The zero-order valence-corrected chi connectivity index (χ0v) is 37.1. The normalized spacial score (nSPS) is 33.3. The van der Waals surface area contributed by atoms with E-state index in [4.69, 9.17) is 37.9 Å². The molecule has 0 radical (unpaired) electrons. The highest BCUT2D eigenvalue weighted by atomic mass is 16.7. The lowest BCUT2D eigenvalue weighted by atomic mass is 9.44. The molecule has 0 aromatic heterocycles. The minimum Gasteiger partial charge on any atom is -0.456 e. The number of alkyl carbamates (subject to hydrolysis) is 1. The number of methoxy groups -OCH3 is 2. The third-order valence-electron chi connectivity index (χ3n) is 12.9. The highest BCUT2D eigenvalue weighted by Crippen LogP contribution is 2.65. The standard InChI is InChI=1S/C44H63NO16/c1-22(2)18-26(45-38(51)61-40(5,6)7)31(47)37(50)57-27-20-44(53)35(59-36(49)25-16-14-13-15-17-25)33-42(10,34(48)32(54-11)30(23(27)3)41(44,8)9)28(58-39(52)55-12)19-29-43(33,21-56-29)60-24(4)46/h13-17,22,26-29,31-33,35-36,47,49,53H,18-21H2,1-12H3,(H,45,51)/t26-,27-,28-,29+,31+,32+,33-,35-,36?,42+,43-,44+/m0/s1. The summed E-state index contributed by atoms with van der Waals surface area (Å²) < 4.78 is 47.1. The van der Waals surface area contributed by atoms with Crippen molar-refractivity contribution in [1.29, 1.82) is 0 Å². The molecule has 17 heteroatoms. The van der Waals surface area contributed by atoms with Gasteiger partial charge < -0.3 is 58.5 Å². The van der Waals surface area contributed by atoms with Crippen molar-refractivity contribution >= 4 is 30.0 Å². The van der Waals surface area contributed by atoms with E-state index in [1.807, 2.05) is 13.8 Å². The molecule has 61 heavy (non-hydrogen) atoms. The largest absolute Gasteiger partial charge is 0.508 e. The van der Waals surface area contributed by atoms with Gasteiger partial charge in [0.05, 0.1) is 31.3 Å². The summed E-state index contributed by atoms with van der Waals surface area (Å²) in [7, 11) is 2.40. The maximum absolute atomic E-state index is 15.7. The average Bonchev–Trinajstić information content (AvgIpc) is 3.16. The van der Waals surface area contributed by atoms with Crippen LogP contribution in [0.4, 0.5) is 9.59 Å². The van der Waals surface area contributed by atoms with E-state index in [0.29, 0.717) is 5.57 Å². The Hall–Kier alpha value is -4.13. The fourth-order valence-electron chi connectivity index (χ4n) is 9.99. The van der Waals surface area contributed by atoms with Crippen molar-refractivity contribution in [1.82, 2.24) is 5.32 Å². The van der Waals surface area contributed by atoms with E-state index in [2.05, 4.69) is 5.32 Å². The second-order valence-electron chi connectivity index (χ2n) is 18.8. The number of ether oxygens (including phenoxy) is 8. The van der Waals surface area contributed by atoms with Crippen molar-refractivity contribution in [3.63, 3.8) is 0 Å². The molecule has 3 aliphatic carbocycles. The Kier molecular flexibility index (Phi) is 13.8. The molecule has 1 heterocycles. The summed E-state index contributed by atoms with van der Waals surface area (Å²) in [5.41, 5.74) is -7.49. The number of benzene rings is 1. The molecule has 1 saturated heterocycles. The van der Waals surface area contributed by atoms with E-state index in [-0.39, 0.29) is 36.5 Å². The van der Waals surface area contributed by atoms with Gasteiger partial charge in [-0.25, -0.2) is 14.4 Å². The Balaban J connectivity index is 1.73. The predicted molar refractivity (Wildman–Crippen MR) is 214 cm³/mol. The summed E-state index contributed by atoms with van der Waals surface area (Å²) in [6.45, 7) is 16.1. The van der Waals surface area contributed by atoms with Gasteiger partial charge in [0, 0.05) is 43.8 Å². The number of amides is 1. The number of ketones is 1. The van der Waals surface area contributed by atoms with Gasteiger partial charge in [-0.15, -0.1) is 0 Å². The first-order valence-corrected chi connectivity index (χ1v) is 20.6. The number of carbonyl (C=O) groups excluding carboxylic acids is 5. The van der Waals surface area contributed by atoms with E-state index in [1.54, 1.807) is 71.9 Å². The minimum absolute atomic E-state index is 0.0999. The molecule has 1 aromatic rings. The third kappa shape index (κ3) is 8.78. The second kappa shape index (κ2) is 17.6. The Morgan fingerprint density at radius 1 is 1.02 bits per heavy atom. The molecule has 17 nitrogen and oxygen atoms in total. The van der Waals surface area contributed by atoms with Gasteiger partial charge >= 0.3 is 24.2 Å². The van der Waals surface area contributed by atoms with Crippen LogP contribution < -0.4 is 5.32 Å². The molecule has 1 amide bonds. The number of Topliss-reactive ketones (excluding diaryl/α,β-unsaturated/α-hetero) is 1. The minimum atomic E-state index is -2.26. The highest BCUT2D eigenvalue weighted by molar-refractivity contribution is 5.94. The Labute approximate surface area is 356 Å². The first-order valence-electron chi connectivity index (χ1n) is 20.6. The number of hydrogen-bond acceptors (Lipinski definition) is 16. The van der Waals surface area contributed by atoms with Gasteiger partial charge in [-0.05, 0) is 58.1 Å². The number of aliphatic hydroxyl groups is 3. The number of carbonyl (C=O) groups is 5. The summed E-state index contributed by atoms with van der Waals surface area (Å²) in [6.07, 6.45) is -13.0. The molecular formula is C44H63NO16. The number of fused-ring (bicyclic) bond motifs is 5. The second-order valence-corrected chi connectivity index (χ2v) is 18.8. The number of esters is 2. The molecule has 0 spiro atoms. The van der Waals surface area contributed by atoms with Crippen LogP contribution in [0, 0.1) is 22.7 Å². The lowest BCUT2D eigenvalue weighted by Crippen LogP contribution is -2.82. The third-order valence-corrected chi connectivity index (χ3v) is 12.9. The number of nitrogens with one attached hydrogen (secondary N) is 1. The van der Waals surface area contributed by atoms with Crippen LogP contribution in [0.25, 0.3) is 0 Å². The fourth-order valence-corrected chi connectivity index (χ4v) is 9.99. The molecule has 340 valence electrons. The lowest BCUT2D eigenvalue weighted by molar-refractivity contribution is -0.361. The summed E-state index contributed by atoms with van der Waals surface area (Å²) in [6, 6.07) is 7.11. The van der Waals surface area contributed by atoms with Gasteiger partial charge in [0.1, 0.15) is 35.6 Å². The van der Waals surface area contributed by atoms with Crippen molar-refractivity contribution in [2.45, 2.75) is 154 Å². The van der Waals surface area contributed by atoms with Crippen LogP contribution in [0.15, 0.2) is 41.5 Å². The summed E-state index contributed by atoms with van der Waals surface area (Å²) in [5.74, 6) is -4.11. The van der Waals surface area contributed by atoms with Gasteiger partial charge in [0.25, 0.3) is 0 Å². The first kappa shape index (κ1) is 47.9. The van der Waals surface area contributed by atoms with E-state index < -0.39 is 119 Å². The van der Waals surface area contributed by atoms with Crippen LogP contribution in [-0.4, -0.2) is 126 Å². The topological polar surface area (TPSA) is 232 Å². The van der Waals surface area contributed by atoms with Crippen molar-refractivity contribution in [3.05, 3.63) is 47.0 Å². The van der Waals surface area contributed by atoms with Gasteiger partial charge in [0.2, 0.25) is 0 Å². The van der Waals surface area contributed by atoms with Crippen LogP contribution in [0.3, 0.4) is 0 Å². The van der Waals surface area contributed by atoms with Crippen LogP contribution in [-0.2, 0) is 52.3 Å². The molecule has 4 aliphatic rings. The number of hydrogen-bond donors (Lipinski definition) is 4. The SMILES string of the molecule is COC(=O)O[C@H]1C[C@H]2OC[C@@]2(OC(C)=O)[C@H]2[C@H](OC(O)c3ccccc3)[C@]3(O)C[C@H](OC(=O)[C@H](O)[C@H](CC(C)C)NC(=O)OC(C)(C)C)C(C)=C([C@@H](OC)C(=O)[C@]12C)C3(C)C. The predicted octanol–water partition coefficient (Wildman–Crippen LogP) is 4.23. The van der Waals surface area contributed by atoms with E-state index >= 15 is 4.79 Å². The summed E-state index contributed by atoms with van der Waals surface area (Å²) in [4.78, 5) is 68.6. The Morgan fingerprint density at radius 3 is 2.18 bits per heavy atom. The maximum Gasteiger partial charge on any atom is 0.508 e. The molecule has 5 rings (SSSR count). The van der Waals surface area contributed by atoms with Crippen LogP contribution in [0.5, 0.6) is 0 Å². The summed E-state index contributed by atoms with van der Waals surface area (Å²) >= 11 is 0. The van der Waals surface area contributed by atoms with Crippen molar-refractivity contribution < 1.29 is 77.2 Å². The summed E-state index contributed by atoms with van der Waals surface area (Å²) in [5, 5.41) is 39.8. The monoisotopic (exact) mass is 861 g/mol. The smallest absolute Gasteiger partial charge is 0.456 e. The van der Waals surface area contributed by atoms with Gasteiger partial charge in [-0.3, -0.25) is 9.59 Å². The quantitative estimate of drug-likeness (QED) is 0.0997. The molecule has 12 atom stereocenters. The molecular weight excluding hydrogens is 798 g/mol. The molecule has 1 aromatic carbocycles. The molecule has 2 saturated carbocycles. The van der Waals surface area contributed by atoms with Crippen LogP contribution in [0.1, 0.15) is 100 Å². The molecule has 2 bridgehead atoms. The molecule has 4 N–H and O–H groups in total. The molecule has 1 unspecified atom stereocenters. The zero-order chi connectivity index (χ0) is 45.6.